The van der Waals surface area contributed by atoms with Crippen molar-refractivity contribution in [3.63, 3.8) is 0 Å². The number of rotatable bonds is 13. The minimum absolute atomic E-state index is 0.186. The standard InChI is InChI=1S/C19H32ClNO2S/c1-3-4-5-6-7-8-9-10-11-12-15-24(22,23)21-18-13-14-19(20)17(2)16-18/h13-14,16,21H,3-12,15H2,1-2H3. The van der Waals surface area contributed by atoms with Crippen molar-refractivity contribution in [2.24, 2.45) is 0 Å². The van der Waals surface area contributed by atoms with Crippen molar-refractivity contribution >= 4 is 27.3 Å². The van der Waals surface area contributed by atoms with E-state index in [1.807, 2.05) is 6.92 Å². The van der Waals surface area contributed by atoms with Gasteiger partial charge < -0.3 is 0 Å². The Hall–Kier alpha value is -0.740. The number of benzene rings is 1. The highest BCUT2D eigenvalue weighted by atomic mass is 35.5. The van der Waals surface area contributed by atoms with Gasteiger partial charge in [-0.1, -0.05) is 76.3 Å². The third kappa shape index (κ3) is 9.53. The van der Waals surface area contributed by atoms with Crippen LogP contribution < -0.4 is 4.72 Å². The van der Waals surface area contributed by atoms with E-state index in [9.17, 15) is 8.42 Å². The second kappa shape index (κ2) is 11.8. The average molecular weight is 374 g/mol. The maximum absolute atomic E-state index is 12.1. The number of anilines is 1. The van der Waals surface area contributed by atoms with Crippen LogP contribution in [0.2, 0.25) is 5.02 Å². The summed E-state index contributed by atoms with van der Waals surface area (Å²) in [6.07, 6.45) is 12.0. The summed E-state index contributed by atoms with van der Waals surface area (Å²) in [5, 5.41) is 0.646. The molecule has 24 heavy (non-hydrogen) atoms. The van der Waals surface area contributed by atoms with Crippen LogP contribution in [-0.4, -0.2) is 14.2 Å². The van der Waals surface area contributed by atoms with Gasteiger partial charge >= 0.3 is 0 Å². The van der Waals surface area contributed by atoms with Gasteiger partial charge in [-0.2, -0.15) is 0 Å². The smallest absolute Gasteiger partial charge is 0.232 e. The van der Waals surface area contributed by atoms with E-state index in [1.54, 1.807) is 18.2 Å². The molecule has 1 aromatic carbocycles. The Labute approximate surface area is 153 Å². The summed E-state index contributed by atoms with van der Waals surface area (Å²) in [4.78, 5) is 0. The van der Waals surface area contributed by atoms with Gasteiger partial charge in [0.05, 0.1) is 5.75 Å². The number of aryl methyl sites for hydroxylation is 1. The summed E-state index contributed by atoms with van der Waals surface area (Å²) >= 11 is 5.95. The molecule has 5 heteroatoms. The van der Waals surface area contributed by atoms with Crippen LogP contribution in [0.5, 0.6) is 0 Å². The van der Waals surface area contributed by atoms with Gasteiger partial charge in [0.1, 0.15) is 0 Å². The molecule has 0 aliphatic heterocycles. The molecular formula is C19H32ClNO2S. The SMILES string of the molecule is CCCCCCCCCCCCS(=O)(=O)Nc1ccc(Cl)c(C)c1. The Balaban J connectivity index is 2.14. The molecule has 1 aromatic rings. The number of hydrogen-bond donors (Lipinski definition) is 1. The molecule has 0 atom stereocenters. The monoisotopic (exact) mass is 373 g/mol. The second-order valence-corrected chi connectivity index (χ2v) is 8.82. The molecular weight excluding hydrogens is 342 g/mol. The average Bonchev–Trinajstić information content (AvgIpc) is 2.52. The van der Waals surface area contributed by atoms with Crippen molar-refractivity contribution in [2.45, 2.75) is 78.1 Å². The molecule has 0 saturated carbocycles. The molecule has 0 aliphatic carbocycles. The first-order valence-corrected chi connectivity index (χ1v) is 11.2. The summed E-state index contributed by atoms with van der Waals surface area (Å²) in [5.41, 5.74) is 1.46. The Morgan fingerprint density at radius 3 is 2.00 bits per heavy atom. The summed E-state index contributed by atoms with van der Waals surface area (Å²) < 4.78 is 26.8. The zero-order chi connectivity index (χ0) is 17.8. The van der Waals surface area contributed by atoms with Crippen LogP contribution in [0.1, 0.15) is 76.7 Å². The minimum Gasteiger partial charge on any atom is -0.284 e. The zero-order valence-electron chi connectivity index (χ0n) is 15.1. The fourth-order valence-electron chi connectivity index (χ4n) is 2.72. The molecule has 1 rings (SSSR count). The Kier molecular flexibility index (Phi) is 10.4. The summed E-state index contributed by atoms with van der Waals surface area (Å²) in [6, 6.07) is 5.18. The molecule has 138 valence electrons. The van der Waals surface area contributed by atoms with E-state index in [0.29, 0.717) is 10.7 Å². The maximum atomic E-state index is 12.1. The molecule has 0 aromatic heterocycles. The lowest BCUT2D eigenvalue weighted by atomic mass is 10.1. The highest BCUT2D eigenvalue weighted by Gasteiger charge is 2.10. The van der Waals surface area contributed by atoms with Crippen LogP contribution in [0.25, 0.3) is 0 Å². The lowest BCUT2D eigenvalue weighted by Gasteiger charge is -2.09. The normalized spacial score (nSPS) is 11.6. The third-order valence-electron chi connectivity index (χ3n) is 4.20. The summed E-state index contributed by atoms with van der Waals surface area (Å²) in [5.74, 6) is 0.186. The van der Waals surface area contributed by atoms with E-state index in [4.69, 9.17) is 11.6 Å². The fraction of sp³-hybridized carbons (Fsp3) is 0.684. The number of hydrogen-bond acceptors (Lipinski definition) is 2. The number of nitrogens with one attached hydrogen (secondary N) is 1. The van der Waals surface area contributed by atoms with Crippen LogP contribution in [0.4, 0.5) is 5.69 Å². The van der Waals surface area contributed by atoms with Crippen LogP contribution in [0.15, 0.2) is 18.2 Å². The van der Waals surface area contributed by atoms with Crippen LogP contribution >= 0.6 is 11.6 Å². The molecule has 1 N–H and O–H groups in total. The lowest BCUT2D eigenvalue weighted by Crippen LogP contribution is -2.16. The Morgan fingerprint density at radius 2 is 1.46 bits per heavy atom. The van der Waals surface area contributed by atoms with Gasteiger partial charge in [0.25, 0.3) is 0 Å². The van der Waals surface area contributed by atoms with E-state index in [-0.39, 0.29) is 5.75 Å². The van der Waals surface area contributed by atoms with E-state index in [0.717, 1.165) is 24.8 Å². The van der Waals surface area contributed by atoms with Crippen LogP contribution in [0, 0.1) is 6.92 Å². The fourth-order valence-corrected chi connectivity index (χ4v) is 4.01. The van der Waals surface area contributed by atoms with Gasteiger partial charge in [-0.25, -0.2) is 8.42 Å². The minimum atomic E-state index is -3.27. The van der Waals surface area contributed by atoms with Crippen molar-refractivity contribution in [3.05, 3.63) is 28.8 Å². The molecule has 0 heterocycles. The molecule has 0 aliphatic rings. The molecule has 0 unspecified atom stereocenters. The number of sulfonamides is 1. The highest BCUT2D eigenvalue weighted by Crippen LogP contribution is 2.20. The van der Waals surface area contributed by atoms with Crippen molar-refractivity contribution in [3.8, 4) is 0 Å². The summed E-state index contributed by atoms with van der Waals surface area (Å²) in [6.45, 7) is 4.10. The van der Waals surface area contributed by atoms with Gasteiger partial charge in [-0.3, -0.25) is 4.72 Å². The van der Waals surface area contributed by atoms with Gasteiger partial charge in [0.15, 0.2) is 0 Å². The zero-order valence-corrected chi connectivity index (χ0v) is 16.7. The topological polar surface area (TPSA) is 46.2 Å². The van der Waals surface area contributed by atoms with Crippen molar-refractivity contribution < 1.29 is 8.42 Å². The number of halogens is 1. The maximum Gasteiger partial charge on any atom is 0.232 e. The molecule has 0 radical (unpaired) electrons. The molecule has 0 amide bonds. The van der Waals surface area contributed by atoms with Gasteiger partial charge in [-0.15, -0.1) is 0 Å². The third-order valence-corrected chi connectivity index (χ3v) is 5.99. The second-order valence-electron chi connectivity index (χ2n) is 6.57. The molecule has 0 bridgehead atoms. The van der Waals surface area contributed by atoms with E-state index in [1.165, 1.54) is 44.9 Å². The molecule has 0 saturated heterocycles. The Bertz CT molecular complexity index is 573. The van der Waals surface area contributed by atoms with E-state index in [2.05, 4.69) is 11.6 Å². The first-order valence-electron chi connectivity index (χ1n) is 9.21. The molecule has 0 spiro atoms. The quantitative estimate of drug-likeness (QED) is 0.411. The first-order chi connectivity index (χ1) is 11.4. The van der Waals surface area contributed by atoms with Gasteiger partial charge in [0, 0.05) is 10.7 Å². The van der Waals surface area contributed by atoms with E-state index < -0.39 is 10.0 Å². The van der Waals surface area contributed by atoms with Crippen LogP contribution in [-0.2, 0) is 10.0 Å². The van der Waals surface area contributed by atoms with E-state index >= 15 is 0 Å². The largest absolute Gasteiger partial charge is 0.284 e. The summed E-state index contributed by atoms with van der Waals surface area (Å²) in [7, 11) is -3.27. The van der Waals surface area contributed by atoms with Crippen molar-refractivity contribution in [1.29, 1.82) is 0 Å². The first kappa shape index (κ1) is 21.3. The predicted molar refractivity (Wildman–Crippen MR) is 105 cm³/mol. The van der Waals surface area contributed by atoms with Crippen molar-refractivity contribution in [2.75, 3.05) is 10.5 Å². The van der Waals surface area contributed by atoms with Crippen LogP contribution in [0.3, 0.4) is 0 Å². The molecule has 3 nitrogen and oxygen atoms in total. The Morgan fingerprint density at radius 1 is 0.917 bits per heavy atom. The lowest BCUT2D eigenvalue weighted by molar-refractivity contribution is 0.558. The number of unbranched alkanes of at least 4 members (excludes halogenated alkanes) is 9. The predicted octanol–water partition coefficient (Wildman–Crippen LogP) is 6.31. The van der Waals surface area contributed by atoms with Gasteiger partial charge in [-0.05, 0) is 37.1 Å². The van der Waals surface area contributed by atoms with Gasteiger partial charge in [0.2, 0.25) is 10.0 Å². The highest BCUT2D eigenvalue weighted by molar-refractivity contribution is 7.92. The van der Waals surface area contributed by atoms with Crippen molar-refractivity contribution in [1.82, 2.24) is 0 Å². The molecule has 0 fully saturated rings.